The van der Waals surface area contributed by atoms with Gasteiger partial charge < -0.3 is 18.6 Å². The van der Waals surface area contributed by atoms with E-state index in [2.05, 4.69) is 43.4 Å². The zero-order chi connectivity index (χ0) is 15.3. The van der Waals surface area contributed by atoms with Crippen molar-refractivity contribution in [3.63, 3.8) is 0 Å². The highest BCUT2D eigenvalue weighted by atomic mass is 16.7. The molecule has 0 amide bonds. The second kappa shape index (κ2) is 5.11. The maximum absolute atomic E-state index is 6.08. The highest BCUT2D eigenvalue weighted by Crippen LogP contribution is 2.36. The summed E-state index contributed by atoms with van der Waals surface area (Å²) in [6.45, 7) is 12.0. The molecule has 0 aliphatic carbocycles. The fourth-order valence-corrected chi connectivity index (χ4v) is 2.92. The quantitative estimate of drug-likeness (QED) is 0.780. The smallest absolute Gasteiger partial charge is 0.398 e. The van der Waals surface area contributed by atoms with Crippen LogP contribution in [0.1, 0.15) is 52.4 Å². The van der Waals surface area contributed by atoms with Crippen molar-refractivity contribution in [1.29, 1.82) is 0 Å². The number of imidazole rings is 1. The Morgan fingerprint density at radius 3 is 2.29 bits per heavy atom. The Hall–Kier alpha value is -0.845. The van der Waals surface area contributed by atoms with Crippen molar-refractivity contribution in [2.45, 2.75) is 64.7 Å². The Kier molecular flexibility index (Phi) is 3.67. The number of hydrogen-bond acceptors (Lipinski definition) is 4. The fourth-order valence-electron chi connectivity index (χ4n) is 2.92. The first-order valence-electron chi connectivity index (χ1n) is 7.79. The van der Waals surface area contributed by atoms with Gasteiger partial charge in [-0.05, 0) is 47.5 Å². The molecule has 2 saturated heterocycles. The highest BCUT2D eigenvalue weighted by molar-refractivity contribution is 6.61. The van der Waals surface area contributed by atoms with Crippen LogP contribution in [0, 0.1) is 6.92 Å². The third kappa shape index (κ3) is 2.65. The van der Waals surface area contributed by atoms with E-state index in [-0.39, 0.29) is 18.3 Å². The van der Waals surface area contributed by atoms with Crippen LogP contribution in [-0.4, -0.2) is 41.1 Å². The summed E-state index contributed by atoms with van der Waals surface area (Å²) in [5.74, 6) is 1.02. The van der Waals surface area contributed by atoms with Crippen molar-refractivity contribution in [2.75, 3.05) is 13.2 Å². The van der Waals surface area contributed by atoms with Gasteiger partial charge in [0.1, 0.15) is 5.82 Å². The van der Waals surface area contributed by atoms with Crippen molar-refractivity contribution >= 4 is 12.7 Å². The Labute approximate surface area is 127 Å². The van der Waals surface area contributed by atoms with Crippen molar-refractivity contribution in [1.82, 2.24) is 9.55 Å². The Bertz CT molecular complexity index is 505. The summed E-state index contributed by atoms with van der Waals surface area (Å²) in [5, 5.41) is 0. The molecule has 3 rings (SSSR count). The molecule has 0 atom stereocenters. The summed E-state index contributed by atoms with van der Waals surface area (Å²) >= 11 is 0. The molecule has 1 aromatic heterocycles. The van der Waals surface area contributed by atoms with Gasteiger partial charge in [-0.3, -0.25) is 0 Å². The van der Waals surface area contributed by atoms with Crippen LogP contribution in [0.5, 0.6) is 0 Å². The van der Waals surface area contributed by atoms with Gasteiger partial charge in [-0.1, -0.05) is 0 Å². The molecule has 2 fully saturated rings. The van der Waals surface area contributed by atoms with E-state index in [4.69, 9.17) is 14.0 Å². The molecule has 0 spiro atoms. The third-order valence-corrected chi connectivity index (χ3v) is 5.01. The summed E-state index contributed by atoms with van der Waals surface area (Å²) in [5.41, 5.74) is 0.222. The van der Waals surface area contributed by atoms with Crippen LogP contribution < -0.4 is 5.59 Å². The maximum atomic E-state index is 6.08. The molecule has 0 aromatic carbocycles. The van der Waals surface area contributed by atoms with Gasteiger partial charge in [0.25, 0.3) is 0 Å². The SMILES string of the molecule is Cc1nc(B2OC(C)(C)C(C)(C)O2)cn1C1CCOCC1. The van der Waals surface area contributed by atoms with Crippen molar-refractivity contribution in [3.05, 3.63) is 12.0 Å². The van der Waals surface area contributed by atoms with Crippen molar-refractivity contribution in [2.24, 2.45) is 0 Å². The molecule has 2 aliphatic rings. The van der Waals surface area contributed by atoms with E-state index in [0.29, 0.717) is 6.04 Å². The maximum Gasteiger partial charge on any atom is 0.516 e. The molecule has 0 saturated carbocycles. The van der Waals surface area contributed by atoms with Gasteiger partial charge in [0, 0.05) is 25.5 Å². The molecule has 0 N–H and O–H groups in total. The molecule has 0 radical (unpaired) electrons. The summed E-state index contributed by atoms with van der Waals surface area (Å²) in [6.07, 6.45) is 4.17. The van der Waals surface area contributed by atoms with Crippen LogP contribution in [-0.2, 0) is 14.0 Å². The van der Waals surface area contributed by atoms with Crippen molar-refractivity contribution in [3.8, 4) is 0 Å². The molecule has 2 aliphatic heterocycles. The van der Waals surface area contributed by atoms with Gasteiger partial charge in [-0.2, -0.15) is 0 Å². The number of aromatic nitrogens is 2. The number of hydrogen-bond donors (Lipinski definition) is 0. The Morgan fingerprint density at radius 1 is 1.14 bits per heavy atom. The van der Waals surface area contributed by atoms with Gasteiger partial charge in [0.15, 0.2) is 0 Å². The van der Waals surface area contributed by atoms with Gasteiger partial charge in [0.2, 0.25) is 0 Å². The minimum atomic E-state index is -0.380. The van der Waals surface area contributed by atoms with Gasteiger partial charge in [0.05, 0.1) is 16.8 Å². The lowest BCUT2D eigenvalue weighted by Gasteiger charge is -2.32. The highest BCUT2D eigenvalue weighted by Gasteiger charge is 2.52. The molecule has 1 aromatic rings. The van der Waals surface area contributed by atoms with E-state index < -0.39 is 0 Å². The van der Waals surface area contributed by atoms with Crippen LogP contribution in [0.25, 0.3) is 0 Å². The van der Waals surface area contributed by atoms with Crippen LogP contribution in [0.3, 0.4) is 0 Å². The minimum Gasteiger partial charge on any atom is -0.398 e. The van der Waals surface area contributed by atoms with Crippen LogP contribution >= 0.6 is 0 Å². The first kappa shape index (κ1) is 15.1. The number of nitrogens with zero attached hydrogens (tertiary/aromatic N) is 2. The van der Waals surface area contributed by atoms with Crippen LogP contribution in [0.15, 0.2) is 6.20 Å². The van der Waals surface area contributed by atoms with Crippen LogP contribution in [0.2, 0.25) is 0 Å². The molecule has 0 unspecified atom stereocenters. The second-order valence-electron chi connectivity index (χ2n) is 7.05. The minimum absolute atomic E-state index is 0.325. The fraction of sp³-hybridized carbons (Fsp3) is 0.800. The Balaban J connectivity index is 1.81. The Morgan fingerprint density at radius 2 is 1.71 bits per heavy atom. The molecule has 116 valence electrons. The monoisotopic (exact) mass is 292 g/mol. The zero-order valence-corrected chi connectivity index (χ0v) is 13.7. The molecular formula is C15H25BN2O3. The van der Waals surface area contributed by atoms with Crippen molar-refractivity contribution < 1.29 is 14.0 Å². The first-order valence-corrected chi connectivity index (χ1v) is 7.79. The molecule has 3 heterocycles. The zero-order valence-electron chi connectivity index (χ0n) is 13.7. The molecule has 21 heavy (non-hydrogen) atoms. The molecule has 6 heteroatoms. The van der Waals surface area contributed by atoms with E-state index >= 15 is 0 Å². The average Bonchev–Trinajstić information content (AvgIpc) is 2.89. The van der Waals surface area contributed by atoms with E-state index in [9.17, 15) is 0 Å². The summed E-state index contributed by atoms with van der Waals surface area (Å²) < 4.78 is 19.9. The second-order valence-corrected chi connectivity index (χ2v) is 7.05. The standard InChI is InChI=1S/C15H25BN2O3/c1-11-17-13(10-18(11)12-6-8-19-9-7-12)16-20-14(2,3)15(4,5)21-16/h10,12H,6-9H2,1-5H3. The third-order valence-electron chi connectivity index (χ3n) is 5.01. The van der Waals surface area contributed by atoms with E-state index in [1.807, 2.05) is 6.92 Å². The number of rotatable bonds is 2. The summed E-state index contributed by atoms with van der Waals surface area (Å²) in [6, 6.07) is 0.474. The van der Waals surface area contributed by atoms with E-state index in [0.717, 1.165) is 37.5 Å². The van der Waals surface area contributed by atoms with Crippen LogP contribution in [0.4, 0.5) is 0 Å². The first-order chi connectivity index (χ1) is 9.80. The number of aryl methyl sites for hydroxylation is 1. The number of ether oxygens (including phenoxy) is 1. The lowest BCUT2D eigenvalue weighted by atomic mass is 9.86. The van der Waals surface area contributed by atoms with Gasteiger partial charge in [-0.15, -0.1) is 0 Å². The normalized spacial score (nSPS) is 25.5. The molecule has 0 bridgehead atoms. The van der Waals surface area contributed by atoms with E-state index in [1.54, 1.807) is 0 Å². The van der Waals surface area contributed by atoms with Gasteiger partial charge in [-0.25, -0.2) is 4.98 Å². The topological polar surface area (TPSA) is 45.5 Å². The lowest BCUT2D eigenvalue weighted by molar-refractivity contribution is 0.00578. The lowest BCUT2D eigenvalue weighted by Crippen LogP contribution is -2.41. The predicted octanol–water partition coefficient (Wildman–Crippen LogP) is 1.84. The largest absolute Gasteiger partial charge is 0.516 e. The van der Waals surface area contributed by atoms with Gasteiger partial charge >= 0.3 is 7.12 Å². The summed E-state index contributed by atoms with van der Waals surface area (Å²) in [7, 11) is -0.380. The average molecular weight is 292 g/mol. The van der Waals surface area contributed by atoms with E-state index in [1.165, 1.54) is 0 Å². The summed E-state index contributed by atoms with van der Waals surface area (Å²) in [4.78, 5) is 4.67. The predicted molar refractivity (Wildman–Crippen MR) is 81.8 cm³/mol. The molecular weight excluding hydrogens is 267 g/mol. The molecule has 5 nitrogen and oxygen atoms in total.